The zero-order valence-electron chi connectivity index (χ0n) is 9.63. The Kier molecular flexibility index (Phi) is 3.78. The fourth-order valence-corrected chi connectivity index (χ4v) is 1.82. The Bertz CT molecular complexity index is 396. The van der Waals surface area contributed by atoms with Gasteiger partial charge in [0.25, 0.3) is 6.43 Å². The minimum Gasteiger partial charge on any atom is -0.486 e. The highest BCUT2D eigenvalue weighted by atomic mass is 19.3. The van der Waals surface area contributed by atoms with Gasteiger partial charge in [0.1, 0.15) is 13.2 Å². The third-order valence-corrected chi connectivity index (χ3v) is 2.64. The molecule has 1 aliphatic rings. The first-order valence-electron chi connectivity index (χ1n) is 5.57. The van der Waals surface area contributed by atoms with E-state index in [1.807, 2.05) is 7.05 Å². The van der Waals surface area contributed by atoms with Gasteiger partial charge in [0.2, 0.25) is 0 Å². The lowest BCUT2D eigenvalue weighted by molar-refractivity contribution is 0.146. The van der Waals surface area contributed by atoms with Crippen molar-refractivity contribution in [1.29, 1.82) is 0 Å². The lowest BCUT2D eigenvalue weighted by Crippen LogP contribution is -2.18. The fraction of sp³-hybridized carbons (Fsp3) is 0.500. The van der Waals surface area contributed by atoms with Gasteiger partial charge in [0.05, 0.1) is 0 Å². The highest BCUT2D eigenvalue weighted by Gasteiger charge is 2.20. The van der Waals surface area contributed by atoms with E-state index in [-0.39, 0.29) is 5.56 Å². The van der Waals surface area contributed by atoms with E-state index in [1.54, 1.807) is 0 Å². The van der Waals surface area contributed by atoms with E-state index in [1.165, 1.54) is 12.1 Å². The van der Waals surface area contributed by atoms with Crippen molar-refractivity contribution >= 4 is 0 Å². The lowest BCUT2D eigenvalue weighted by atomic mass is 10.1. The molecule has 0 fully saturated rings. The number of likely N-dealkylation sites (N-methyl/N-ethyl adjacent to an activating group) is 1. The topological polar surface area (TPSA) is 30.5 Å². The van der Waals surface area contributed by atoms with Gasteiger partial charge in [-0.2, -0.15) is 0 Å². The van der Waals surface area contributed by atoms with Crippen molar-refractivity contribution in [2.24, 2.45) is 0 Å². The van der Waals surface area contributed by atoms with E-state index in [4.69, 9.17) is 9.47 Å². The second kappa shape index (κ2) is 5.31. The lowest BCUT2D eigenvalue weighted by Gasteiger charge is -2.22. The Morgan fingerprint density at radius 1 is 1.29 bits per heavy atom. The van der Waals surface area contributed by atoms with Crippen molar-refractivity contribution in [2.45, 2.75) is 12.8 Å². The molecule has 0 radical (unpaired) electrons. The second-order valence-corrected chi connectivity index (χ2v) is 3.86. The van der Waals surface area contributed by atoms with Crippen LogP contribution in [0.5, 0.6) is 11.5 Å². The smallest absolute Gasteiger partial charge is 0.263 e. The second-order valence-electron chi connectivity index (χ2n) is 3.86. The van der Waals surface area contributed by atoms with Crippen LogP contribution in [-0.4, -0.2) is 26.8 Å². The first-order chi connectivity index (χ1) is 8.22. The predicted octanol–water partition coefficient (Wildman–Crippen LogP) is 2.16. The van der Waals surface area contributed by atoms with Gasteiger partial charge in [-0.05, 0) is 37.7 Å². The monoisotopic (exact) mass is 243 g/mol. The van der Waals surface area contributed by atoms with Gasteiger partial charge >= 0.3 is 0 Å². The van der Waals surface area contributed by atoms with Gasteiger partial charge in [-0.25, -0.2) is 8.78 Å². The maximum atomic E-state index is 12.7. The molecule has 0 aliphatic carbocycles. The highest BCUT2D eigenvalue weighted by molar-refractivity contribution is 5.50. The number of alkyl halides is 2. The Morgan fingerprint density at radius 3 is 2.76 bits per heavy atom. The molecule has 17 heavy (non-hydrogen) atoms. The van der Waals surface area contributed by atoms with Crippen LogP contribution < -0.4 is 14.8 Å². The van der Waals surface area contributed by atoms with E-state index < -0.39 is 6.43 Å². The van der Waals surface area contributed by atoms with Crippen LogP contribution in [0.2, 0.25) is 0 Å². The van der Waals surface area contributed by atoms with Crippen LogP contribution >= 0.6 is 0 Å². The van der Waals surface area contributed by atoms with Crippen LogP contribution in [0, 0.1) is 0 Å². The quantitative estimate of drug-likeness (QED) is 0.879. The molecular formula is C12H15F2NO2. The molecule has 3 nitrogen and oxygen atoms in total. The summed E-state index contributed by atoms with van der Waals surface area (Å²) in [7, 11) is 1.82. The maximum Gasteiger partial charge on any atom is 0.263 e. The average Bonchev–Trinajstić information content (AvgIpc) is 2.35. The number of ether oxygens (including phenoxy) is 2. The summed E-state index contributed by atoms with van der Waals surface area (Å²) in [5.41, 5.74) is 0.757. The van der Waals surface area contributed by atoms with E-state index >= 15 is 0 Å². The molecule has 1 heterocycles. The molecule has 0 aromatic heterocycles. The molecule has 0 bridgehead atoms. The first-order valence-corrected chi connectivity index (χ1v) is 5.57. The number of benzene rings is 1. The molecule has 94 valence electrons. The zero-order valence-corrected chi connectivity index (χ0v) is 9.63. The fourth-order valence-electron chi connectivity index (χ4n) is 1.82. The normalized spacial score (nSPS) is 14.1. The van der Waals surface area contributed by atoms with Gasteiger partial charge in [-0.1, -0.05) is 0 Å². The minimum absolute atomic E-state index is 0.0136. The average molecular weight is 243 g/mol. The standard InChI is InChI=1S/C12H15F2NO2/c1-15-3-2-8-6-9(12(13)14)7-10-11(8)17-5-4-16-10/h6-7,12,15H,2-5H2,1H3. The molecule has 5 heteroatoms. The van der Waals surface area contributed by atoms with Crippen LogP contribution in [0.3, 0.4) is 0 Å². The summed E-state index contributed by atoms with van der Waals surface area (Å²) >= 11 is 0. The van der Waals surface area contributed by atoms with Crippen molar-refractivity contribution in [3.63, 3.8) is 0 Å². The van der Waals surface area contributed by atoms with Crippen molar-refractivity contribution in [2.75, 3.05) is 26.8 Å². The van der Waals surface area contributed by atoms with Gasteiger partial charge in [-0.15, -0.1) is 0 Å². The Morgan fingerprint density at radius 2 is 2.06 bits per heavy atom. The molecule has 1 aliphatic heterocycles. The molecule has 1 aromatic rings. The Hall–Kier alpha value is -1.36. The zero-order chi connectivity index (χ0) is 12.3. The van der Waals surface area contributed by atoms with Crippen LogP contribution in [0.1, 0.15) is 17.6 Å². The number of nitrogens with one attached hydrogen (secondary N) is 1. The number of hydrogen-bond donors (Lipinski definition) is 1. The van der Waals surface area contributed by atoms with Crippen molar-refractivity contribution in [1.82, 2.24) is 5.32 Å². The van der Waals surface area contributed by atoms with Crippen LogP contribution in [-0.2, 0) is 6.42 Å². The number of rotatable bonds is 4. The summed E-state index contributed by atoms with van der Waals surface area (Å²) in [4.78, 5) is 0. The maximum absolute atomic E-state index is 12.7. The molecule has 0 saturated carbocycles. The summed E-state index contributed by atoms with van der Waals surface area (Å²) in [5, 5.41) is 2.99. The molecule has 1 N–H and O–H groups in total. The largest absolute Gasteiger partial charge is 0.486 e. The van der Waals surface area contributed by atoms with Gasteiger partial charge in [0, 0.05) is 5.56 Å². The molecule has 0 saturated heterocycles. The molecule has 2 rings (SSSR count). The third-order valence-electron chi connectivity index (χ3n) is 2.64. The molecule has 0 atom stereocenters. The van der Waals surface area contributed by atoms with Crippen molar-refractivity contribution in [3.05, 3.63) is 23.3 Å². The predicted molar refractivity (Wildman–Crippen MR) is 60.0 cm³/mol. The van der Waals surface area contributed by atoms with E-state index in [2.05, 4.69) is 5.32 Å². The van der Waals surface area contributed by atoms with E-state index in [0.29, 0.717) is 37.7 Å². The molecule has 0 amide bonds. The Labute approximate surface area is 98.7 Å². The van der Waals surface area contributed by atoms with Crippen LogP contribution in [0.15, 0.2) is 12.1 Å². The van der Waals surface area contributed by atoms with E-state index in [9.17, 15) is 8.78 Å². The van der Waals surface area contributed by atoms with Gasteiger partial charge < -0.3 is 14.8 Å². The number of hydrogen-bond acceptors (Lipinski definition) is 3. The van der Waals surface area contributed by atoms with E-state index in [0.717, 1.165) is 5.56 Å². The molecular weight excluding hydrogens is 228 g/mol. The summed E-state index contributed by atoms with van der Waals surface area (Å²) in [6.45, 7) is 1.58. The van der Waals surface area contributed by atoms with Gasteiger partial charge in [0.15, 0.2) is 11.5 Å². The minimum atomic E-state index is -2.49. The summed E-state index contributed by atoms with van der Waals surface area (Å²) < 4.78 is 36.3. The third kappa shape index (κ3) is 2.66. The molecule has 1 aromatic carbocycles. The van der Waals surface area contributed by atoms with Crippen LogP contribution in [0.4, 0.5) is 8.78 Å². The Balaban J connectivity index is 2.35. The molecule has 0 unspecified atom stereocenters. The van der Waals surface area contributed by atoms with Crippen molar-refractivity contribution in [3.8, 4) is 11.5 Å². The summed E-state index contributed by atoms with van der Waals surface area (Å²) in [5.74, 6) is 1.04. The van der Waals surface area contributed by atoms with Crippen LogP contribution in [0.25, 0.3) is 0 Å². The number of fused-ring (bicyclic) bond motifs is 1. The van der Waals surface area contributed by atoms with Crippen molar-refractivity contribution < 1.29 is 18.3 Å². The summed E-state index contributed by atoms with van der Waals surface area (Å²) in [6, 6.07) is 2.86. The van der Waals surface area contributed by atoms with Gasteiger partial charge in [-0.3, -0.25) is 0 Å². The SMILES string of the molecule is CNCCc1cc(C(F)F)cc2c1OCCO2. The highest BCUT2D eigenvalue weighted by Crippen LogP contribution is 2.37. The molecule has 0 spiro atoms. The number of halogens is 2. The first kappa shape index (κ1) is 12.1. The summed E-state index contributed by atoms with van der Waals surface area (Å²) in [6.07, 6.45) is -1.85.